The van der Waals surface area contributed by atoms with Gasteiger partial charge in [-0.2, -0.15) is 0 Å². The zero-order valence-corrected chi connectivity index (χ0v) is 13.1. The standard InChI is InChI=1S/C14H30O2Si/c1-5-17(6-2,7-3)16-13(4)12-14-10-8-9-11-15-14/h13-14H,5-12H2,1-4H3/t13-,14-/m0/s1. The third kappa shape index (κ3) is 4.72. The molecule has 1 aliphatic heterocycles. The Kier molecular flexibility index (Phi) is 6.74. The van der Waals surface area contributed by atoms with Gasteiger partial charge in [-0.1, -0.05) is 20.8 Å². The molecule has 0 aromatic heterocycles. The third-order valence-electron chi connectivity index (χ3n) is 4.25. The normalized spacial score (nSPS) is 23.6. The first kappa shape index (κ1) is 15.2. The maximum absolute atomic E-state index is 6.45. The van der Waals surface area contributed by atoms with E-state index in [0.29, 0.717) is 12.2 Å². The summed E-state index contributed by atoms with van der Waals surface area (Å²) in [6.07, 6.45) is 5.72. The Labute approximate surface area is 108 Å². The Morgan fingerprint density at radius 2 is 1.82 bits per heavy atom. The van der Waals surface area contributed by atoms with Gasteiger partial charge in [0, 0.05) is 12.7 Å². The smallest absolute Gasteiger partial charge is 0.192 e. The number of ether oxygens (including phenoxy) is 1. The number of rotatable bonds is 7. The topological polar surface area (TPSA) is 18.5 Å². The van der Waals surface area contributed by atoms with Crippen molar-refractivity contribution in [3.05, 3.63) is 0 Å². The highest BCUT2D eigenvalue weighted by Crippen LogP contribution is 2.26. The minimum Gasteiger partial charge on any atom is -0.414 e. The van der Waals surface area contributed by atoms with Crippen LogP contribution in [0.4, 0.5) is 0 Å². The van der Waals surface area contributed by atoms with Crippen LogP contribution in [0.2, 0.25) is 18.1 Å². The lowest BCUT2D eigenvalue weighted by Gasteiger charge is -2.34. The van der Waals surface area contributed by atoms with Gasteiger partial charge in [-0.15, -0.1) is 0 Å². The molecular weight excluding hydrogens is 228 g/mol. The second-order valence-corrected chi connectivity index (χ2v) is 10.1. The summed E-state index contributed by atoms with van der Waals surface area (Å²) in [4.78, 5) is 0. The molecule has 1 fully saturated rings. The maximum Gasteiger partial charge on any atom is 0.192 e. The van der Waals surface area contributed by atoms with Crippen molar-refractivity contribution in [1.29, 1.82) is 0 Å². The molecule has 0 saturated carbocycles. The van der Waals surface area contributed by atoms with Crippen LogP contribution in [0.5, 0.6) is 0 Å². The van der Waals surface area contributed by atoms with E-state index >= 15 is 0 Å². The van der Waals surface area contributed by atoms with Crippen molar-refractivity contribution in [2.45, 2.75) is 83.7 Å². The molecule has 0 amide bonds. The Morgan fingerprint density at radius 3 is 2.29 bits per heavy atom. The highest BCUT2D eigenvalue weighted by Gasteiger charge is 2.31. The average Bonchev–Trinajstić information content (AvgIpc) is 2.37. The molecule has 0 unspecified atom stereocenters. The van der Waals surface area contributed by atoms with Gasteiger partial charge < -0.3 is 9.16 Å². The van der Waals surface area contributed by atoms with Crippen LogP contribution in [0.15, 0.2) is 0 Å². The van der Waals surface area contributed by atoms with Crippen LogP contribution in [-0.2, 0) is 9.16 Å². The highest BCUT2D eigenvalue weighted by atomic mass is 28.4. The fourth-order valence-corrected chi connectivity index (χ4v) is 5.79. The predicted octanol–water partition coefficient (Wildman–Crippen LogP) is 4.36. The first-order chi connectivity index (χ1) is 8.15. The first-order valence-electron chi connectivity index (χ1n) is 7.45. The quantitative estimate of drug-likeness (QED) is 0.632. The summed E-state index contributed by atoms with van der Waals surface area (Å²) >= 11 is 0. The van der Waals surface area contributed by atoms with Crippen LogP contribution in [0, 0.1) is 0 Å². The fourth-order valence-electron chi connectivity index (χ4n) is 2.84. The molecule has 0 radical (unpaired) electrons. The molecule has 1 saturated heterocycles. The summed E-state index contributed by atoms with van der Waals surface area (Å²) in [7, 11) is -1.42. The summed E-state index contributed by atoms with van der Waals surface area (Å²) in [6, 6.07) is 3.74. The van der Waals surface area contributed by atoms with E-state index in [-0.39, 0.29) is 0 Å². The molecule has 3 heteroatoms. The van der Waals surface area contributed by atoms with Crippen molar-refractivity contribution in [3.63, 3.8) is 0 Å². The molecule has 0 aromatic carbocycles. The number of hydrogen-bond donors (Lipinski definition) is 0. The van der Waals surface area contributed by atoms with Crippen LogP contribution >= 0.6 is 0 Å². The van der Waals surface area contributed by atoms with E-state index in [9.17, 15) is 0 Å². The first-order valence-corrected chi connectivity index (χ1v) is 9.98. The Balaban J connectivity index is 2.38. The van der Waals surface area contributed by atoms with Gasteiger partial charge in [0.05, 0.1) is 6.10 Å². The van der Waals surface area contributed by atoms with Crippen molar-refractivity contribution in [2.24, 2.45) is 0 Å². The SMILES string of the molecule is CC[Si](CC)(CC)O[C@@H](C)C[C@@H]1CCCCO1. The van der Waals surface area contributed by atoms with Crippen LogP contribution in [-0.4, -0.2) is 27.1 Å². The van der Waals surface area contributed by atoms with Crippen molar-refractivity contribution in [2.75, 3.05) is 6.61 Å². The zero-order chi connectivity index (χ0) is 12.7. The van der Waals surface area contributed by atoms with Crippen molar-refractivity contribution in [3.8, 4) is 0 Å². The monoisotopic (exact) mass is 258 g/mol. The predicted molar refractivity (Wildman–Crippen MR) is 76.0 cm³/mol. The molecule has 0 aromatic rings. The lowest BCUT2D eigenvalue weighted by atomic mass is 10.0. The van der Waals surface area contributed by atoms with Crippen LogP contribution in [0.1, 0.15) is 53.4 Å². The minimum atomic E-state index is -1.42. The van der Waals surface area contributed by atoms with Gasteiger partial charge in [0.1, 0.15) is 0 Å². The highest BCUT2D eigenvalue weighted by molar-refractivity contribution is 6.73. The van der Waals surface area contributed by atoms with Crippen molar-refractivity contribution < 1.29 is 9.16 Å². The van der Waals surface area contributed by atoms with E-state index in [0.717, 1.165) is 13.0 Å². The van der Waals surface area contributed by atoms with Gasteiger partial charge in [-0.25, -0.2) is 0 Å². The summed E-state index contributed by atoms with van der Waals surface area (Å²) in [5, 5.41) is 0. The van der Waals surface area contributed by atoms with Gasteiger partial charge >= 0.3 is 0 Å². The van der Waals surface area contributed by atoms with E-state index < -0.39 is 8.32 Å². The van der Waals surface area contributed by atoms with Gasteiger partial charge in [0.25, 0.3) is 0 Å². The Morgan fingerprint density at radius 1 is 1.18 bits per heavy atom. The molecule has 0 aliphatic carbocycles. The van der Waals surface area contributed by atoms with Gasteiger partial charge in [0.2, 0.25) is 0 Å². The summed E-state index contributed by atoms with van der Waals surface area (Å²) < 4.78 is 12.2. The summed E-state index contributed by atoms with van der Waals surface area (Å²) in [5.74, 6) is 0. The molecule has 2 atom stereocenters. The average molecular weight is 258 g/mol. The summed E-state index contributed by atoms with van der Waals surface area (Å²) in [6.45, 7) is 10.1. The van der Waals surface area contributed by atoms with E-state index in [1.165, 1.54) is 37.4 Å². The Bertz CT molecular complexity index is 190. The lowest BCUT2D eigenvalue weighted by Crippen LogP contribution is -2.40. The molecular formula is C14H30O2Si. The Hall–Kier alpha value is 0.137. The van der Waals surface area contributed by atoms with E-state index in [1.54, 1.807) is 0 Å². The molecule has 0 bridgehead atoms. The van der Waals surface area contributed by atoms with Crippen molar-refractivity contribution in [1.82, 2.24) is 0 Å². The van der Waals surface area contributed by atoms with Gasteiger partial charge in [0.15, 0.2) is 8.32 Å². The second kappa shape index (κ2) is 7.55. The third-order valence-corrected chi connectivity index (χ3v) is 9.02. The fraction of sp³-hybridized carbons (Fsp3) is 1.00. The maximum atomic E-state index is 6.45. The molecule has 0 N–H and O–H groups in total. The van der Waals surface area contributed by atoms with Crippen LogP contribution in [0.25, 0.3) is 0 Å². The molecule has 1 heterocycles. The molecule has 1 rings (SSSR count). The largest absolute Gasteiger partial charge is 0.414 e. The lowest BCUT2D eigenvalue weighted by molar-refractivity contribution is -0.00926. The van der Waals surface area contributed by atoms with Crippen LogP contribution in [0.3, 0.4) is 0 Å². The molecule has 0 spiro atoms. The van der Waals surface area contributed by atoms with Crippen LogP contribution < -0.4 is 0 Å². The molecule has 102 valence electrons. The number of hydrogen-bond acceptors (Lipinski definition) is 2. The summed E-state index contributed by atoms with van der Waals surface area (Å²) in [5.41, 5.74) is 0. The zero-order valence-electron chi connectivity index (χ0n) is 12.1. The van der Waals surface area contributed by atoms with Gasteiger partial charge in [-0.05, 0) is 50.7 Å². The molecule has 17 heavy (non-hydrogen) atoms. The van der Waals surface area contributed by atoms with Gasteiger partial charge in [-0.3, -0.25) is 0 Å². The van der Waals surface area contributed by atoms with E-state index in [4.69, 9.17) is 9.16 Å². The van der Waals surface area contributed by atoms with E-state index in [2.05, 4.69) is 27.7 Å². The second-order valence-electron chi connectivity index (χ2n) is 5.40. The van der Waals surface area contributed by atoms with E-state index in [1.807, 2.05) is 0 Å². The molecule has 2 nitrogen and oxygen atoms in total. The van der Waals surface area contributed by atoms with Crippen molar-refractivity contribution >= 4 is 8.32 Å². The molecule has 1 aliphatic rings. The minimum absolute atomic E-state index is 0.379.